The summed E-state index contributed by atoms with van der Waals surface area (Å²) in [7, 11) is 4.48. The Balaban J connectivity index is 2.06. The first kappa shape index (κ1) is 20.9. The molecule has 0 aliphatic rings. The van der Waals surface area contributed by atoms with Gasteiger partial charge in [0.15, 0.2) is 5.69 Å². The van der Waals surface area contributed by atoms with Gasteiger partial charge in [-0.05, 0) is 48.0 Å². The van der Waals surface area contributed by atoms with Crippen LogP contribution >= 0.6 is 0 Å². The van der Waals surface area contributed by atoms with Crippen LogP contribution < -0.4 is 24.8 Å². The van der Waals surface area contributed by atoms with Gasteiger partial charge in [0, 0.05) is 18.3 Å². The second kappa shape index (κ2) is 8.68. The Morgan fingerprint density at radius 2 is 1.63 bits per heavy atom. The standard InChI is InChI=1S/C20H23N5O5/c1-6-23(14-11-10-13(2)17(12-14)30-5)19(26)25-20(27)24(21-22-25)18-15(28-3)8-7-9-16(18)29-4/h7-12H,6H2,1-5H3. The normalized spacial score (nSPS) is 10.6. The van der Waals surface area contributed by atoms with Crippen molar-refractivity contribution in [1.29, 1.82) is 0 Å². The van der Waals surface area contributed by atoms with Crippen LogP contribution in [0.3, 0.4) is 0 Å². The molecular formula is C20H23N5O5. The molecule has 0 fully saturated rings. The Kier molecular flexibility index (Phi) is 6.05. The maximum Gasteiger partial charge on any atom is 0.377 e. The van der Waals surface area contributed by atoms with E-state index in [-0.39, 0.29) is 5.69 Å². The van der Waals surface area contributed by atoms with E-state index in [1.54, 1.807) is 44.4 Å². The van der Waals surface area contributed by atoms with Crippen molar-refractivity contribution in [1.82, 2.24) is 19.8 Å². The van der Waals surface area contributed by atoms with E-state index in [9.17, 15) is 9.59 Å². The second-order valence-corrected chi connectivity index (χ2v) is 6.28. The SMILES string of the molecule is CCN(C(=O)n1nnn(-c2c(OC)cccc2OC)c1=O)c1ccc(C)c(OC)c1. The molecule has 0 radical (unpaired) electrons. The fourth-order valence-electron chi connectivity index (χ4n) is 3.07. The minimum atomic E-state index is -0.750. The maximum atomic E-state index is 13.1. The highest BCUT2D eigenvalue weighted by Crippen LogP contribution is 2.30. The summed E-state index contributed by atoms with van der Waals surface area (Å²) < 4.78 is 17.6. The highest BCUT2D eigenvalue weighted by Gasteiger charge is 2.25. The van der Waals surface area contributed by atoms with Gasteiger partial charge in [0.1, 0.15) is 17.2 Å². The molecule has 1 heterocycles. The Morgan fingerprint density at radius 3 is 2.20 bits per heavy atom. The van der Waals surface area contributed by atoms with Crippen molar-refractivity contribution < 1.29 is 19.0 Å². The number of carbonyl (C=O) groups is 1. The van der Waals surface area contributed by atoms with Crippen LogP contribution in [0.4, 0.5) is 10.5 Å². The first-order valence-electron chi connectivity index (χ1n) is 9.19. The minimum absolute atomic E-state index is 0.256. The van der Waals surface area contributed by atoms with E-state index in [2.05, 4.69) is 10.4 Å². The lowest BCUT2D eigenvalue weighted by molar-refractivity contribution is 0.244. The van der Waals surface area contributed by atoms with Crippen molar-refractivity contribution >= 4 is 11.7 Å². The van der Waals surface area contributed by atoms with Crippen molar-refractivity contribution in [2.45, 2.75) is 13.8 Å². The Labute approximate surface area is 173 Å². The molecule has 30 heavy (non-hydrogen) atoms. The van der Waals surface area contributed by atoms with Gasteiger partial charge >= 0.3 is 11.7 Å². The van der Waals surface area contributed by atoms with E-state index >= 15 is 0 Å². The van der Waals surface area contributed by atoms with Gasteiger partial charge < -0.3 is 14.2 Å². The van der Waals surface area contributed by atoms with Crippen LogP contribution in [0.2, 0.25) is 0 Å². The van der Waals surface area contributed by atoms with Gasteiger partial charge in [0.05, 0.1) is 21.3 Å². The molecule has 3 aromatic rings. The molecule has 10 heteroatoms. The number of para-hydroxylation sites is 1. The van der Waals surface area contributed by atoms with E-state index < -0.39 is 11.7 Å². The van der Waals surface area contributed by atoms with Crippen molar-refractivity contribution in [3.63, 3.8) is 0 Å². The summed E-state index contributed by atoms with van der Waals surface area (Å²) in [5.74, 6) is 1.34. The van der Waals surface area contributed by atoms with E-state index in [1.165, 1.54) is 19.1 Å². The van der Waals surface area contributed by atoms with Crippen LogP contribution in [0, 0.1) is 6.92 Å². The lowest BCUT2D eigenvalue weighted by atomic mass is 10.2. The van der Waals surface area contributed by atoms with E-state index in [4.69, 9.17) is 14.2 Å². The number of ether oxygens (including phenoxy) is 3. The van der Waals surface area contributed by atoms with Crippen LogP contribution in [-0.4, -0.2) is 53.7 Å². The number of tetrazole rings is 1. The lowest BCUT2D eigenvalue weighted by Crippen LogP contribution is -2.41. The fourth-order valence-corrected chi connectivity index (χ4v) is 3.07. The number of hydrogen-bond acceptors (Lipinski definition) is 7. The van der Waals surface area contributed by atoms with Gasteiger partial charge in [-0.15, -0.1) is 4.68 Å². The summed E-state index contributed by atoms with van der Waals surface area (Å²) in [6, 6.07) is 9.72. The van der Waals surface area contributed by atoms with Gasteiger partial charge in [-0.2, -0.15) is 4.68 Å². The van der Waals surface area contributed by atoms with Crippen LogP contribution in [0.5, 0.6) is 17.2 Å². The molecule has 0 aliphatic carbocycles. The van der Waals surface area contributed by atoms with Gasteiger partial charge in [-0.3, -0.25) is 4.90 Å². The summed E-state index contributed by atoms with van der Waals surface area (Å²) in [5.41, 5.74) is 1.00. The summed E-state index contributed by atoms with van der Waals surface area (Å²) in [6.07, 6.45) is 0. The first-order valence-corrected chi connectivity index (χ1v) is 9.19. The molecule has 1 aromatic heterocycles. The molecule has 1 amide bonds. The maximum absolute atomic E-state index is 13.1. The number of carbonyl (C=O) groups excluding carboxylic acids is 1. The van der Waals surface area contributed by atoms with Crippen LogP contribution in [0.15, 0.2) is 41.2 Å². The number of hydrogen-bond donors (Lipinski definition) is 0. The highest BCUT2D eigenvalue weighted by atomic mass is 16.5. The van der Waals surface area contributed by atoms with Crippen molar-refractivity contribution in [3.05, 3.63) is 52.4 Å². The van der Waals surface area contributed by atoms with Crippen molar-refractivity contribution in [2.75, 3.05) is 32.8 Å². The molecule has 0 atom stereocenters. The average molecular weight is 413 g/mol. The molecule has 0 bridgehead atoms. The summed E-state index contributed by atoms with van der Waals surface area (Å²) in [5, 5.41) is 7.65. The van der Waals surface area contributed by atoms with Crippen molar-refractivity contribution in [2.24, 2.45) is 0 Å². The zero-order chi connectivity index (χ0) is 21.8. The predicted octanol–water partition coefficient (Wildman–Crippen LogP) is 2.26. The minimum Gasteiger partial charge on any atom is -0.496 e. The smallest absolute Gasteiger partial charge is 0.377 e. The van der Waals surface area contributed by atoms with Gasteiger partial charge in [-0.25, -0.2) is 9.59 Å². The molecule has 0 saturated carbocycles. The molecule has 158 valence electrons. The largest absolute Gasteiger partial charge is 0.496 e. The number of aromatic nitrogens is 4. The number of rotatable bonds is 6. The van der Waals surface area contributed by atoms with Gasteiger partial charge in [0.2, 0.25) is 0 Å². The fraction of sp³-hybridized carbons (Fsp3) is 0.300. The number of methoxy groups -OCH3 is 3. The van der Waals surface area contributed by atoms with Crippen LogP contribution in [0.1, 0.15) is 12.5 Å². The Morgan fingerprint density at radius 1 is 1.00 bits per heavy atom. The topological polar surface area (TPSA) is 101 Å². The molecule has 0 saturated heterocycles. The monoisotopic (exact) mass is 413 g/mol. The third-order valence-electron chi connectivity index (χ3n) is 4.63. The molecule has 0 aliphatic heterocycles. The highest BCUT2D eigenvalue weighted by molar-refractivity contribution is 5.93. The summed E-state index contributed by atoms with van der Waals surface area (Å²) in [6.45, 7) is 4.00. The number of aryl methyl sites for hydroxylation is 1. The van der Waals surface area contributed by atoms with E-state index in [1.807, 2.05) is 13.0 Å². The number of benzene rings is 2. The molecule has 2 aromatic carbocycles. The van der Waals surface area contributed by atoms with E-state index in [0.717, 1.165) is 10.2 Å². The zero-order valence-electron chi connectivity index (χ0n) is 17.4. The molecule has 3 rings (SSSR count). The number of anilines is 1. The third kappa shape index (κ3) is 3.59. The molecule has 0 unspecified atom stereocenters. The van der Waals surface area contributed by atoms with Crippen molar-refractivity contribution in [3.8, 4) is 22.9 Å². The predicted molar refractivity (Wildman–Crippen MR) is 110 cm³/mol. The average Bonchev–Trinajstić information content (AvgIpc) is 3.15. The lowest BCUT2D eigenvalue weighted by Gasteiger charge is -2.20. The Bertz CT molecular complexity index is 1100. The molecule has 0 N–H and O–H groups in total. The first-order chi connectivity index (χ1) is 14.5. The Hall–Kier alpha value is -3.82. The zero-order valence-corrected chi connectivity index (χ0v) is 17.4. The molecular weight excluding hydrogens is 390 g/mol. The molecule has 0 spiro atoms. The number of nitrogens with zero attached hydrogens (tertiary/aromatic N) is 5. The summed E-state index contributed by atoms with van der Waals surface area (Å²) in [4.78, 5) is 27.5. The number of amides is 1. The van der Waals surface area contributed by atoms with Crippen LogP contribution in [-0.2, 0) is 0 Å². The molecule has 10 nitrogen and oxygen atoms in total. The van der Waals surface area contributed by atoms with E-state index in [0.29, 0.717) is 34.2 Å². The summed E-state index contributed by atoms with van der Waals surface area (Å²) >= 11 is 0. The quantitative estimate of drug-likeness (QED) is 0.571. The third-order valence-corrected chi connectivity index (χ3v) is 4.63. The van der Waals surface area contributed by atoms with Gasteiger partial charge in [0.25, 0.3) is 0 Å². The van der Waals surface area contributed by atoms with Crippen LogP contribution in [0.25, 0.3) is 5.69 Å². The second-order valence-electron chi connectivity index (χ2n) is 6.28. The van der Waals surface area contributed by atoms with Gasteiger partial charge in [-0.1, -0.05) is 12.1 Å².